The predicted molar refractivity (Wildman–Crippen MR) is 76.8 cm³/mol. The Labute approximate surface area is 126 Å². The first-order valence-corrected chi connectivity index (χ1v) is 8.76. The highest BCUT2D eigenvalue weighted by Crippen LogP contribution is 2.24. The maximum Gasteiger partial charge on any atom is 0.390 e. The molecule has 0 aliphatic rings. The Balaban J connectivity index is 2.70. The third kappa shape index (κ3) is 6.77. The molecule has 4 nitrogen and oxygen atoms in total. The first-order chi connectivity index (χ1) is 9.49. The number of alkyl halides is 3. The fraction of sp³-hybridized carbons (Fsp3) is 0.667. The molecular formula is C12H19F3N2O2S2. The van der Waals surface area contributed by atoms with Crippen molar-refractivity contribution in [2.45, 2.75) is 56.2 Å². The smallest absolute Gasteiger partial charge is 0.310 e. The highest BCUT2D eigenvalue weighted by molar-refractivity contribution is 7.91. The first kappa shape index (κ1) is 18.4. The lowest BCUT2D eigenvalue weighted by Crippen LogP contribution is -2.35. The summed E-state index contributed by atoms with van der Waals surface area (Å²) in [5, 5.41) is 4.82. The topological polar surface area (TPSA) is 58.2 Å². The number of hydrogen-bond acceptors (Lipinski definition) is 4. The summed E-state index contributed by atoms with van der Waals surface area (Å²) >= 11 is 0.996. The molecule has 1 rings (SSSR count). The van der Waals surface area contributed by atoms with Crippen LogP contribution in [0, 0.1) is 0 Å². The van der Waals surface area contributed by atoms with Crippen LogP contribution >= 0.6 is 11.3 Å². The molecule has 0 bridgehead atoms. The molecule has 0 fully saturated rings. The summed E-state index contributed by atoms with van der Waals surface area (Å²) in [5.74, 6) is 0. The summed E-state index contributed by atoms with van der Waals surface area (Å²) in [6.45, 7) is 5.64. The maximum atomic E-state index is 12.2. The van der Waals surface area contributed by atoms with Crippen LogP contribution in [-0.2, 0) is 16.6 Å². The van der Waals surface area contributed by atoms with E-state index in [1.807, 2.05) is 18.6 Å². The lowest BCUT2D eigenvalue weighted by Gasteiger charge is -2.15. The van der Waals surface area contributed by atoms with Gasteiger partial charge in [0.1, 0.15) is 4.21 Å². The van der Waals surface area contributed by atoms with Gasteiger partial charge in [-0.1, -0.05) is 13.8 Å². The highest BCUT2D eigenvalue weighted by atomic mass is 32.2. The van der Waals surface area contributed by atoms with Gasteiger partial charge in [-0.25, -0.2) is 13.1 Å². The van der Waals surface area contributed by atoms with E-state index in [0.29, 0.717) is 6.54 Å². The minimum absolute atomic E-state index is 0.0251. The molecule has 0 amide bonds. The van der Waals surface area contributed by atoms with E-state index >= 15 is 0 Å². The molecule has 21 heavy (non-hydrogen) atoms. The molecule has 0 aliphatic carbocycles. The molecule has 9 heteroatoms. The second-order valence-corrected chi connectivity index (χ2v) is 8.00. The zero-order valence-corrected chi connectivity index (χ0v) is 13.6. The fourth-order valence-electron chi connectivity index (χ4n) is 1.62. The Morgan fingerprint density at radius 2 is 1.90 bits per heavy atom. The van der Waals surface area contributed by atoms with E-state index in [4.69, 9.17) is 0 Å². The molecule has 0 radical (unpaired) electrons. The molecule has 1 atom stereocenters. The van der Waals surface area contributed by atoms with Crippen LogP contribution in [-0.4, -0.2) is 26.7 Å². The average molecular weight is 344 g/mol. The molecule has 1 aromatic rings. The summed E-state index contributed by atoms with van der Waals surface area (Å²) in [4.78, 5) is 0. The Hall–Kier alpha value is -0.640. The maximum absolute atomic E-state index is 12.2. The normalized spacial score (nSPS) is 14.6. The Morgan fingerprint density at radius 1 is 1.29 bits per heavy atom. The zero-order chi connectivity index (χ0) is 16.3. The minimum atomic E-state index is -4.40. The highest BCUT2D eigenvalue weighted by Gasteiger charge is 2.32. The number of hydrogen-bond donors (Lipinski definition) is 2. The first-order valence-electron chi connectivity index (χ1n) is 6.39. The Bertz CT molecular complexity index is 553. The Kier molecular flexibility index (Phi) is 6.21. The lowest BCUT2D eigenvalue weighted by atomic mass is 10.2. The van der Waals surface area contributed by atoms with E-state index in [9.17, 15) is 21.6 Å². The van der Waals surface area contributed by atoms with Gasteiger partial charge in [0.25, 0.3) is 0 Å². The number of halogens is 3. The molecule has 2 N–H and O–H groups in total. The van der Waals surface area contributed by atoms with E-state index < -0.39 is 28.7 Å². The zero-order valence-electron chi connectivity index (χ0n) is 12.0. The summed E-state index contributed by atoms with van der Waals surface area (Å²) < 4.78 is 62.7. The second kappa shape index (κ2) is 7.08. The van der Waals surface area contributed by atoms with Gasteiger partial charge in [-0.2, -0.15) is 13.2 Å². The van der Waals surface area contributed by atoms with Crippen molar-refractivity contribution in [2.24, 2.45) is 0 Å². The SMILES string of the molecule is CC(C)NCc1csc(S(=O)(=O)NC(C)CC(F)(F)F)c1. The number of rotatable bonds is 7. The van der Waals surface area contributed by atoms with E-state index in [1.165, 1.54) is 13.0 Å². The third-order valence-electron chi connectivity index (χ3n) is 2.50. The summed E-state index contributed by atoms with van der Waals surface area (Å²) in [7, 11) is -3.91. The van der Waals surface area contributed by atoms with Crippen molar-refractivity contribution in [2.75, 3.05) is 0 Å². The van der Waals surface area contributed by atoms with Crippen molar-refractivity contribution < 1.29 is 21.6 Å². The van der Waals surface area contributed by atoms with Crippen molar-refractivity contribution >= 4 is 21.4 Å². The van der Waals surface area contributed by atoms with E-state index in [-0.39, 0.29) is 10.3 Å². The van der Waals surface area contributed by atoms with Crippen LogP contribution in [0.1, 0.15) is 32.8 Å². The van der Waals surface area contributed by atoms with Crippen LogP contribution in [0.15, 0.2) is 15.7 Å². The molecule has 122 valence electrons. The molecule has 0 saturated carbocycles. The summed E-state index contributed by atoms with van der Waals surface area (Å²) in [5.41, 5.74) is 0.789. The molecule has 1 aromatic heterocycles. The number of thiophene rings is 1. The summed E-state index contributed by atoms with van der Waals surface area (Å²) in [6.07, 6.45) is -5.59. The van der Waals surface area contributed by atoms with Gasteiger partial charge in [0, 0.05) is 18.6 Å². The molecule has 0 aromatic carbocycles. The molecule has 1 heterocycles. The van der Waals surface area contributed by atoms with Crippen LogP contribution < -0.4 is 10.0 Å². The van der Waals surface area contributed by atoms with Gasteiger partial charge in [-0.3, -0.25) is 0 Å². The van der Waals surface area contributed by atoms with Gasteiger partial charge in [-0.15, -0.1) is 11.3 Å². The lowest BCUT2D eigenvalue weighted by molar-refractivity contribution is -0.137. The van der Waals surface area contributed by atoms with Gasteiger partial charge in [0.15, 0.2) is 0 Å². The quantitative estimate of drug-likeness (QED) is 0.800. The van der Waals surface area contributed by atoms with Gasteiger partial charge < -0.3 is 5.32 Å². The van der Waals surface area contributed by atoms with E-state index in [0.717, 1.165) is 16.9 Å². The molecule has 1 unspecified atom stereocenters. The van der Waals surface area contributed by atoms with Crippen molar-refractivity contribution in [3.63, 3.8) is 0 Å². The summed E-state index contributed by atoms with van der Waals surface area (Å²) in [6, 6.07) is 0.534. The van der Waals surface area contributed by atoms with Crippen molar-refractivity contribution in [3.8, 4) is 0 Å². The predicted octanol–water partition coefficient (Wildman–Crippen LogP) is 2.87. The van der Waals surface area contributed by atoms with Gasteiger partial charge in [-0.05, 0) is 23.9 Å². The van der Waals surface area contributed by atoms with Gasteiger partial charge >= 0.3 is 6.18 Å². The van der Waals surface area contributed by atoms with Crippen LogP contribution in [0.4, 0.5) is 13.2 Å². The van der Waals surface area contributed by atoms with Crippen molar-refractivity contribution in [3.05, 3.63) is 17.0 Å². The van der Waals surface area contributed by atoms with Crippen LogP contribution in [0.3, 0.4) is 0 Å². The molecule has 0 aliphatic heterocycles. The molecular weight excluding hydrogens is 325 g/mol. The van der Waals surface area contributed by atoms with Crippen LogP contribution in [0.25, 0.3) is 0 Å². The van der Waals surface area contributed by atoms with E-state index in [2.05, 4.69) is 5.32 Å². The molecule has 0 spiro atoms. The van der Waals surface area contributed by atoms with Crippen LogP contribution in [0.5, 0.6) is 0 Å². The largest absolute Gasteiger partial charge is 0.390 e. The number of sulfonamides is 1. The van der Waals surface area contributed by atoms with E-state index in [1.54, 1.807) is 5.38 Å². The van der Waals surface area contributed by atoms with Crippen LogP contribution in [0.2, 0.25) is 0 Å². The molecule has 0 saturated heterocycles. The minimum Gasteiger partial charge on any atom is -0.310 e. The third-order valence-corrected chi connectivity index (χ3v) is 5.58. The number of nitrogens with one attached hydrogen (secondary N) is 2. The second-order valence-electron chi connectivity index (χ2n) is 5.15. The standard InChI is InChI=1S/C12H19F3N2O2S2/c1-8(2)16-6-10-4-11(20-7-10)21(18,19)17-9(3)5-12(13,14)15/h4,7-9,16-17H,5-6H2,1-3H3. The van der Waals surface area contributed by atoms with Crippen molar-refractivity contribution in [1.82, 2.24) is 10.0 Å². The van der Waals surface area contributed by atoms with Crippen molar-refractivity contribution in [1.29, 1.82) is 0 Å². The Morgan fingerprint density at radius 3 is 2.43 bits per heavy atom. The average Bonchev–Trinajstić information content (AvgIpc) is 2.71. The fourth-order valence-corrected chi connectivity index (χ4v) is 4.09. The van der Waals surface area contributed by atoms with Gasteiger partial charge in [0.05, 0.1) is 6.42 Å². The monoisotopic (exact) mass is 344 g/mol. The van der Waals surface area contributed by atoms with Gasteiger partial charge in [0.2, 0.25) is 10.0 Å².